The Morgan fingerprint density at radius 2 is 2.17 bits per heavy atom. The van der Waals surface area contributed by atoms with E-state index in [9.17, 15) is 0 Å². The molecule has 0 spiro atoms. The summed E-state index contributed by atoms with van der Waals surface area (Å²) >= 11 is 5.80. The third kappa shape index (κ3) is 1.19. The monoisotopic (exact) mass is 181 g/mol. The van der Waals surface area contributed by atoms with Gasteiger partial charge in [0.15, 0.2) is 0 Å². The Morgan fingerprint density at radius 1 is 1.33 bits per heavy atom. The van der Waals surface area contributed by atoms with Crippen LogP contribution in [0.3, 0.4) is 0 Å². The third-order valence-electron chi connectivity index (χ3n) is 1.73. The molecular formula is C9H8ClNO. The molecule has 1 aromatic carbocycles. The molecule has 3 heteroatoms. The highest BCUT2D eigenvalue weighted by Gasteiger charge is 2.01. The molecular weight excluding hydrogens is 174 g/mol. The van der Waals surface area contributed by atoms with Crippen LogP contribution in [0.1, 0.15) is 5.76 Å². The fourth-order valence-corrected chi connectivity index (χ4v) is 1.35. The van der Waals surface area contributed by atoms with Crippen molar-refractivity contribution in [3.8, 4) is 0 Å². The molecule has 2 nitrogen and oxygen atoms in total. The van der Waals surface area contributed by atoms with Crippen LogP contribution in [0.4, 0.5) is 0 Å². The second kappa shape index (κ2) is 2.81. The Balaban J connectivity index is 2.67. The molecule has 0 saturated carbocycles. The fraction of sp³-hybridized carbons (Fsp3) is 0.111. The van der Waals surface area contributed by atoms with Gasteiger partial charge in [-0.3, -0.25) is 0 Å². The van der Waals surface area contributed by atoms with Crippen molar-refractivity contribution < 1.29 is 4.42 Å². The lowest BCUT2D eigenvalue weighted by Gasteiger charge is -1.87. The van der Waals surface area contributed by atoms with Gasteiger partial charge >= 0.3 is 0 Å². The molecule has 0 saturated heterocycles. The van der Waals surface area contributed by atoms with Crippen LogP contribution < -0.4 is 5.73 Å². The average molecular weight is 182 g/mol. The Hall–Kier alpha value is -0.990. The molecule has 0 aliphatic rings. The summed E-state index contributed by atoms with van der Waals surface area (Å²) in [6.07, 6.45) is 0. The first-order chi connectivity index (χ1) is 5.79. The zero-order chi connectivity index (χ0) is 8.55. The lowest BCUT2D eigenvalue weighted by atomic mass is 10.2. The van der Waals surface area contributed by atoms with E-state index < -0.39 is 0 Å². The predicted molar refractivity (Wildman–Crippen MR) is 49.1 cm³/mol. The zero-order valence-corrected chi connectivity index (χ0v) is 7.14. The molecule has 1 aromatic heterocycles. The van der Waals surface area contributed by atoms with Gasteiger partial charge in [0.05, 0.1) is 6.54 Å². The lowest BCUT2D eigenvalue weighted by Crippen LogP contribution is -1.92. The first-order valence-electron chi connectivity index (χ1n) is 3.67. The van der Waals surface area contributed by atoms with Crippen LogP contribution in [0.5, 0.6) is 0 Å². The number of nitrogens with two attached hydrogens (primary N) is 1. The van der Waals surface area contributed by atoms with Crippen LogP contribution in [0, 0.1) is 0 Å². The largest absolute Gasteiger partial charge is 0.460 e. The van der Waals surface area contributed by atoms with Crippen molar-refractivity contribution in [1.29, 1.82) is 0 Å². The number of furan rings is 1. The smallest absolute Gasteiger partial charge is 0.134 e. The maximum atomic E-state index is 5.80. The van der Waals surface area contributed by atoms with Gasteiger partial charge < -0.3 is 10.2 Å². The van der Waals surface area contributed by atoms with E-state index in [0.717, 1.165) is 16.7 Å². The minimum absolute atomic E-state index is 0.423. The predicted octanol–water partition coefficient (Wildman–Crippen LogP) is 2.54. The highest BCUT2D eigenvalue weighted by Crippen LogP contribution is 2.22. The molecule has 2 rings (SSSR count). The summed E-state index contributed by atoms with van der Waals surface area (Å²) in [6, 6.07) is 7.41. The highest BCUT2D eigenvalue weighted by molar-refractivity contribution is 6.31. The van der Waals surface area contributed by atoms with Crippen molar-refractivity contribution in [2.45, 2.75) is 6.54 Å². The minimum atomic E-state index is 0.423. The normalized spacial score (nSPS) is 10.8. The maximum Gasteiger partial charge on any atom is 0.134 e. The van der Waals surface area contributed by atoms with E-state index >= 15 is 0 Å². The molecule has 0 aliphatic heterocycles. The summed E-state index contributed by atoms with van der Waals surface area (Å²) in [5, 5.41) is 1.72. The van der Waals surface area contributed by atoms with Crippen molar-refractivity contribution in [2.24, 2.45) is 5.73 Å². The van der Waals surface area contributed by atoms with Gasteiger partial charge in [-0.2, -0.15) is 0 Å². The molecule has 0 fully saturated rings. The van der Waals surface area contributed by atoms with Crippen molar-refractivity contribution in [3.63, 3.8) is 0 Å². The molecule has 12 heavy (non-hydrogen) atoms. The van der Waals surface area contributed by atoms with E-state index in [-0.39, 0.29) is 0 Å². The number of hydrogen-bond donors (Lipinski definition) is 1. The van der Waals surface area contributed by atoms with Crippen LogP contribution in [0.25, 0.3) is 11.0 Å². The molecule has 62 valence electrons. The topological polar surface area (TPSA) is 39.2 Å². The quantitative estimate of drug-likeness (QED) is 0.735. The van der Waals surface area contributed by atoms with Crippen molar-refractivity contribution >= 4 is 22.6 Å². The van der Waals surface area contributed by atoms with Crippen LogP contribution in [0.2, 0.25) is 5.02 Å². The van der Waals surface area contributed by atoms with Crippen molar-refractivity contribution in [3.05, 3.63) is 35.0 Å². The number of benzene rings is 1. The van der Waals surface area contributed by atoms with Crippen LogP contribution in [-0.2, 0) is 6.54 Å². The van der Waals surface area contributed by atoms with E-state index in [1.807, 2.05) is 18.2 Å². The summed E-state index contributed by atoms with van der Waals surface area (Å²) in [5.41, 5.74) is 6.26. The van der Waals surface area contributed by atoms with E-state index in [1.54, 1.807) is 6.07 Å². The van der Waals surface area contributed by atoms with Gasteiger partial charge in [-0.25, -0.2) is 0 Å². The van der Waals surface area contributed by atoms with Gasteiger partial charge in [-0.15, -0.1) is 0 Å². The second-order valence-corrected chi connectivity index (χ2v) is 3.04. The van der Waals surface area contributed by atoms with E-state index in [0.29, 0.717) is 11.6 Å². The van der Waals surface area contributed by atoms with Crippen molar-refractivity contribution in [1.82, 2.24) is 0 Å². The number of halogens is 1. The number of hydrogen-bond acceptors (Lipinski definition) is 2. The van der Waals surface area contributed by atoms with Gasteiger partial charge in [0, 0.05) is 10.4 Å². The molecule has 1 heterocycles. The number of fused-ring (bicyclic) bond motifs is 1. The van der Waals surface area contributed by atoms with Gasteiger partial charge in [0.25, 0.3) is 0 Å². The second-order valence-electron chi connectivity index (χ2n) is 2.60. The van der Waals surface area contributed by atoms with Gasteiger partial charge in [0.1, 0.15) is 11.3 Å². The minimum Gasteiger partial charge on any atom is -0.460 e. The molecule has 0 atom stereocenters. The first-order valence-corrected chi connectivity index (χ1v) is 4.05. The average Bonchev–Trinajstić information content (AvgIpc) is 2.46. The summed E-state index contributed by atoms with van der Waals surface area (Å²) in [5.74, 6) is 0.785. The first kappa shape index (κ1) is 7.65. The lowest BCUT2D eigenvalue weighted by molar-refractivity contribution is 0.552. The Morgan fingerprint density at radius 3 is 2.92 bits per heavy atom. The summed E-state index contributed by atoms with van der Waals surface area (Å²) in [7, 11) is 0. The van der Waals surface area contributed by atoms with E-state index in [1.165, 1.54) is 0 Å². The summed E-state index contributed by atoms with van der Waals surface area (Å²) < 4.78 is 5.39. The fourth-order valence-electron chi connectivity index (χ4n) is 1.17. The highest BCUT2D eigenvalue weighted by atomic mass is 35.5. The van der Waals surface area contributed by atoms with E-state index in [4.69, 9.17) is 21.8 Å². The molecule has 2 N–H and O–H groups in total. The molecule has 0 aliphatic carbocycles. The molecule has 2 aromatic rings. The van der Waals surface area contributed by atoms with Crippen LogP contribution in [-0.4, -0.2) is 0 Å². The maximum absolute atomic E-state index is 5.80. The third-order valence-corrected chi connectivity index (χ3v) is 1.97. The van der Waals surface area contributed by atoms with E-state index in [2.05, 4.69) is 0 Å². The Bertz CT molecular complexity index is 408. The summed E-state index contributed by atoms with van der Waals surface area (Å²) in [4.78, 5) is 0. The summed E-state index contributed by atoms with van der Waals surface area (Å²) in [6.45, 7) is 0.423. The standard InChI is InChI=1S/C9H8ClNO/c10-7-1-2-9-6(3-7)4-8(5-11)12-9/h1-4H,5,11H2. The van der Waals surface area contributed by atoms with Crippen molar-refractivity contribution in [2.75, 3.05) is 0 Å². The van der Waals surface area contributed by atoms with Crippen LogP contribution in [0.15, 0.2) is 28.7 Å². The Kier molecular flexibility index (Phi) is 1.79. The molecule has 0 radical (unpaired) electrons. The Labute approximate surface area is 74.9 Å². The molecule has 0 bridgehead atoms. The number of rotatable bonds is 1. The van der Waals surface area contributed by atoms with Gasteiger partial charge in [-0.1, -0.05) is 11.6 Å². The molecule has 0 unspecified atom stereocenters. The zero-order valence-electron chi connectivity index (χ0n) is 6.38. The van der Waals surface area contributed by atoms with Gasteiger partial charge in [0.2, 0.25) is 0 Å². The van der Waals surface area contributed by atoms with Gasteiger partial charge in [-0.05, 0) is 24.3 Å². The van der Waals surface area contributed by atoms with Crippen LogP contribution >= 0.6 is 11.6 Å². The SMILES string of the molecule is NCc1cc2cc(Cl)ccc2o1. The molecule has 0 amide bonds.